The molecule has 2 aliphatic carbocycles. The normalized spacial score (nSPS) is 63.8. The van der Waals surface area contributed by atoms with E-state index in [1.54, 1.807) is 0 Å². The molecule has 0 amide bonds. The molecule has 2 saturated heterocycles. The van der Waals surface area contributed by atoms with Gasteiger partial charge in [0.15, 0.2) is 5.79 Å². The molecule has 2 unspecified atom stereocenters. The fraction of sp³-hybridized carbons (Fsp3) is 1.00. The molecule has 15 heavy (non-hydrogen) atoms. The minimum absolute atomic E-state index is 0.0217. The molecule has 4 bridgehead atoms. The largest absolute Gasteiger partial charge is 0.310 e. The van der Waals surface area contributed by atoms with Gasteiger partial charge in [-0.25, -0.2) is 13.2 Å². The maximum Gasteiger partial charge on any atom is 0.191 e. The van der Waals surface area contributed by atoms with E-state index in [1.807, 2.05) is 0 Å². The van der Waals surface area contributed by atoms with Crippen LogP contribution in [-0.4, -0.2) is 32.9 Å². The first-order valence-corrected chi connectivity index (χ1v) is 5.25. The quantitative estimate of drug-likeness (QED) is 0.635. The van der Waals surface area contributed by atoms with E-state index in [0.29, 0.717) is 5.06 Å². The van der Waals surface area contributed by atoms with E-state index in [2.05, 4.69) is 0 Å². The van der Waals surface area contributed by atoms with Gasteiger partial charge in [-0.3, -0.25) is 0 Å². The first-order valence-electron chi connectivity index (χ1n) is 5.25. The summed E-state index contributed by atoms with van der Waals surface area (Å²) in [4.78, 5) is 0. The molecule has 2 saturated carbocycles. The Morgan fingerprint density at radius 3 is 1.80 bits per heavy atom. The Balaban J connectivity index is 2.12. The van der Waals surface area contributed by atoms with E-state index in [-0.39, 0.29) is 19.3 Å². The van der Waals surface area contributed by atoms with Crippen molar-refractivity contribution in [2.45, 2.75) is 61.7 Å². The Kier molecular flexibility index (Phi) is 1.45. The van der Waals surface area contributed by atoms with Crippen molar-refractivity contribution in [2.75, 3.05) is 0 Å². The molecule has 2 heterocycles. The summed E-state index contributed by atoms with van der Waals surface area (Å²) in [5.41, 5.74) is -4.66. The van der Waals surface area contributed by atoms with Crippen molar-refractivity contribution >= 4 is 0 Å². The highest BCUT2D eigenvalue weighted by Crippen LogP contribution is 2.64. The van der Waals surface area contributed by atoms with Gasteiger partial charge in [0.05, 0.1) is 5.54 Å². The van der Waals surface area contributed by atoms with Crippen LogP contribution in [0.5, 0.6) is 0 Å². The molecule has 2 atom stereocenters. The fourth-order valence-corrected chi connectivity index (χ4v) is 4.19. The summed E-state index contributed by atoms with van der Waals surface area (Å²) in [5, 5.41) is 10.3. The van der Waals surface area contributed by atoms with Crippen LogP contribution >= 0.6 is 0 Å². The van der Waals surface area contributed by atoms with Crippen molar-refractivity contribution in [3.05, 3.63) is 0 Å². The van der Waals surface area contributed by atoms with Crippen molar-refractivity contribution in [3.8, 4) is 0 Å². The third-order valence-corrected chi connectivity index (χ3v) is 4.10. The molecule has 0 radical (unpaired) electrons. The molecular formula is C10H14F3NO. The van der Waals surface area contributed by atoms with Gasteiger partial charge in [0.25, 0.3) is 0 Å². The van der Waals surface area contributed by atoms with Crippen molar-refractivity contribution < 1.29 is 18.4 Å². The Labute approximate surface area is 86.0 Å². The molecule has 0 aromatic heterocycles. The number of rotatable bonds is 0. The van der Waals surface area contributed by atoms with Crippen LogP contribution in [0.4, 0.5) is 13.2 Å². The summed E-state index contributed by atoms with van der Waals surface area (Å²) >= 11 is 0. The summed E-state index contributed by atoms with van der Waals surface area (Å²) in [7, 11) is 0. The van der Waals surface area contributed by atoms with Gasteiger partial charge in [0.2, 0.25) is 0 Å². The van der Waals surface area contributed by atoms with E-state index in [4.69, 9.17) is 0 Å². The number of alkyl halides is 3. The Hall–Kier alpha value is -0.290. The molecule has 0 spiro atoms. The summed E-state index contributed by atoms with van der Waals surface area (Å²) < 4.78 is 42.6. The summed E-state index contributed by atoms with van der Waals surface area (Å²) in [5.74, 6) is -2.22. The highest BCUT2D eigenvalue weighted by molar-refractivity contribution is 5.20. The molecule has 2 nitrogen and oxygen atoms in total. The maximum absolute atomic E-state index is 14.2. The number of hydrogen-bond acceptors (Lipinski definition) is 2. The lowest BCUT2D eigenvalue weighted by molar-refractivity contribution is -0.379. The molecule has 4 fully saturated rings. The number of halogens is 3. The van der Waals surface area contributed by atoms with Gasteiger partial charge < -0.3 is 5.21 Å². The van der Waals surface area contributed by atoms with E-state index in [1.165, 1.54) is 6.92 Å². The van der Waals surface area contributed by atoms with Crippen molar-refractivity contribution in [3.63, 3.8) is 0 Å². The van der Waals surface area contributed by atoms with Crippen molar-refractivity contribution in [1.82, 2.24) is 5.06 Å². The summed E-state index contributed by atoms with van der Waals surface area (Å²) in [6, 6.07) is 0. The SMILES string of the molecule is CC12CC3(F)CC(F)(C1)CC(F)(C3)N2O. The Bertz CT molecular complexity index is 291. The predicted octanol–water partition coefficient (Wildman–Crippen LogP) is 2.51. The topological polar surface area (TPSA) is 23.5 Å². The lowest BCUT2D eigenvalue weighted by Gasteiger charge is -2.65. The third-order valence-electron chi connectivity index (χ3n) is 4.10. The van der Waals surface area contributed by atoms with Crippen LogP contribution in [0.15, 0.2) is 0 Å². The Morgan fingerprint density at radius 2 is 1.40 bits per heavy atom. The van der Waals surface area contributed by atoms with Crippen LogP contribution in [0, 0.1) is 0 Å². The smallest absolute Gasteiger partial charge is 0.191 e. The van der Waals surface area contributed by atoms with Crippen LogP contribution < -0.4 is 0 Å². The minimum atomic E-state index is -2.22. The lowest BCUT2D eigenvalue weighted by atomic mass is 9.55. The van der Waals surface area contributed by atoms with E-state index in [0.717, 1.165) is 0 Å². The first-order chi connectivity index (χ1) is 6.69. The zero-order chi connectivity index (χ0) is 11.1. The summed E-state index contributed by atoms with van der Waals surface area (Å²) in [6.07, 6.45) is -0.980. The first kappa shape index (κ1) is 9.90. The van der Waals surface area contributed by atoms with Crippen LogP contribution in [0.3, 0.4) is 0 Å². The van der Waals surface area contributed by atoms with E-state index >= 15 is 0 Å². The molecule has 5 heteroatoms. The predicted molar refractivity (Wildman–Crippen MR) is 46.6 cm³/mol. The zero-order valence-electron chi connectivity index (χ0n) is 8.56. The number of hydroxylamine groups is 2. The lowest BCUT2D eigenvalue weighted by Crippen LogP contribution is -2.76. The molecule has 0 aromatic carbocycles. The third kappa shape index (κ3) is 1.08. The molecule has 0 aromatic rings. The van der Waals surface area contributed by atoms with Gasteiger partial charge >= 0.3 is 0 Å². The maximum atomic E-state index is 14.2. The van der Waals surface area contributed by atoms with Crippen molar-refractivity contribution in [1.29, 1.82) is 0 Å². The second kappa shape index (κ2) is 2.20. The van der Waals surface area contributed by atoms with Gasteiger partial charge in [-0.15, -0.1) is 5.06 Å². The standard InChI is InChI=1S/C10H14F3NO/c1-7-2-8(11)4-9(12,3-7)6-10(13,5-8)14(7)15/h15H,2-6H2,1H3. The van der Waals surface area contributed by atoms with Crippen LogP contribution in [-0.2, 0) is 0 Å². The van der Waals surface area contributed by atoms with Crippen LogP contribution in [0.1, 0.15) is 39.0 Å². The molecular weight excluding hydrogens is 207 g/mol. The average Bonchev–Trinajstić information content (AvgIpc) is 1.93. The molecule has 1 N–H and O–H groups in total. The summed E-state index contributed by atoms with van der Waals surface area (Å²) in [6.45, 7) is 1.53. The molecule has 86 valence electrons. The van der Waals surface area contributed by atoms with Gasteiger partial charge in [-0.2, -0.15) is 0 Å². The number of nitrogens with zero attached hydrogens (tertiary/aromatic N) is 1. The van der Waals surface area contributed by atoms with Gasteiger partial charge in [-0.1, -0.05) is 0 Å². The van der Waals surface area contributed by atoms with Gasteiger partial charge in [0.1, 0.15) is 11.3 Å². The number of hydrogen-bond donors (Lipinski definition) is 1. The van der Waals surface area contributed by atoms with E-state index < -0.39 is 35.5 Å². The zero-order valence-corrected chi connectivity index (χ0v) is 8.56. The van der Waals surface area contributed by atoms with Crippen LogP contribution in [0.2, 0.25) is 0 Å². The second-order valence-corrected chi connectivity index (χ2v) is 5.91. The monoisotopic (exact) mass is 221 g/mol. The molecule has 2 aliphatic heterocycles. The van der Waals surface area contributed by atoms with Crippen LogP contribution in [0.25, 0.3) is 0 Å². The fourth-order valence-electron chi connectivity index (χ4n) is 4.19. The highest BCUT2D eigenvalue weighted by Gasteiger charge is 2.72. The number of piperidine rings is 2. The minimum Gasteiger partial charge on any atom is -0.310 e. The van der Waals surface area contributed by atoms with Crippen molar-refractivity contribution in [2.24, 2.45) is 0 Å². The van der Waals surface area contributed by atoms with Gasteiger partial charge in [-0.05, 0) is 6.92 Å². The van der Waals surface area contributed by atoms with E-state index in [9.17, 15) is 18.4 Å². The highest BCUT2D eigenvalue weighted by atomic mass is 19.2. The molecule has 4 aliphatic rings. The Morgan fingerprint density at radius 1 is 0.933 bits per heavy atom. The van der Waals surface area contributed by atoms with Gasteiger partial charge in [0, 0.05) is 32.1 Å². The molecule has 4 rings (SSSR count). The average molecular weight is 221 g/mol. The second-order valence-electron chi connectivity index (χ2n) is 5.91.